The molecule has 1 N–H and O–H groups in total. The highest BCUT2D eigenvalue weighted by Crippen LogP contribution is 2.32. The molecule has 108 valence electrons. The van der Waals surface area contributed by atoms with E-state index >= 15 is 0 Å². The lowest BCUT2D eigenvalue weighted by atomic mass is 10.0. The van der Waals surface area contributed by atoms with Crippen LogP contribution in [-0.2, 0) is 11.0 Å². The second kappa shape index (κ2) is 5.97. The van der Waals surface area contributed by atoms with Gasteiger partial charge >= 0.3 is 6.18 Å². The van der Waals surface area contributed by atoms with Crippen molar-refractivity contribution in [2.45, 2.75) is 6.18 Å². The molecule has 9 heteroatoms. The van der Waals surface area contributed by atoms with E-state index in [9.17, 15) is 18.0 Å². The number of benzene rings is 1. The number of thioether (sulfide) groups is 1. The first-order valence-electron chi connectivity index (χ1n) is 5.55. The van der Waals surface area contributed by atoms with Gasteiger partial charge in [-0.15, -0.1) is 5.10 Å². The van der Waals surface area contributed by atoms with Crippen LogP contribution in [0.15, 0.2) is 28.4 Å². The summed E-state index contributed by atoms with van der Waals surface area (Å²) in [5, 5.41) is 18.7. The van der Waals surface area contributed by atoms with Gasteiger partial charge in [0.1, 0.15) is 0 Å². The summed E-state index contributed by atoms with van der Waals surface area (Å²) >= 11 is 1.15. The molecule has 1 heterocycles. The van der Waals surface area contributed by atoms with Crippen LogP contribution >= 0.6 is 11.8 Å². The highest BCUT2D eigenvalue weighted by molar-refractivity contribution is 8.15. The summed E-state index contributed by atoms with van der Waals surface area (Å²) in [6, 6.07) is 4.72. The second-order valence-corrected chi connectivity index (χ2v) is 4.87. The molecule has 0 bridgehead atoms. The van der Waals surface area contributed by atoms with E-state index in [2.05, 4.69) is 15.5 Å². The molecule has 0 aromatic heterocycles. The lowest BCUT2D eigenvalue weighted by molar-refractivity contribution is -0.137. The van der Waals surface area contributed by atoms with Gasteiger partial charge in [-0.05, 0) is 17.7 Å². The van der Waals surface area contributed by atoms with Crippen molar-refractivity contribution in [2.24, 2.45) is 10.2 Å². The van der Waals surface area contributed by atoms with Gasteiger partial charge in [-0.1, -0.05) is 17.8 Å². The number of alkyl halides is 3. The molecule has 0 spiro atoms. The molecule has 1 aromatic carbocycles. The van der Waals surface area contributed by atoms with Crippen LogP contribution in [0.4, 0.5) is 13.2 Å². The van der Waals surface area contributed by atoms with Crippen LogP contribution < -0.4 is 5.32 Å². The topological polar surface area (TPSA) is 77.6 Å². The maximum absolute atomic E-state index is 12.8. The van der Waals surface area contributed by atoms with Crippen molar-refractivity contribution in [3.63, 3.8) is 0 Å². The second-order valence-electron chi connectivity index (χ2n) is 3.90. The average Bonchev–Trinajstić information content (AvgIpc) is 2.83. The Bertz CT molecular complexity index is 676. The third-order valence-corrected chi connectivity index (χ3v) is 3.27. The fourth-order valence-corrected chi connectivity index (χ4v) is 2.13. The maximum Gasteiger partial charge on any atom is 0.417 e. The summed E-state index contributed by atoms with van der Waals surface area (Å²) in [7, 11) is 0. The molecular weight excluding hydrogens is 305 g/mol. The highest BCUT2D eigenvalue weighted by Gasteiger charge is 2.33. The van der Waals surface area contributed by atoms with Gasteiger partial charge in [-0.3, -0.25) is 4.79 Å². The SMILES string of the molecule is N#Cc1ccc(C=NN=C2NC(=O)CS2)cc1C(F)(F)F. The van der Waals surface area contributed by atoms with E-state index in [1.807, 2.05) is 0 Å². The zero-order valence-electron chi connectivity index (χ0n) is 10.3. The first-order chi connectivity index (χ1) is 9.90. The predicted octanol–water partition coefficient (Wildman–Crippen LogP) is 2.13. The summed E-state index contributed by atoms with van der Waals surface area (Å²) in [6.45, 7) is 0. The molecule has 2 rings (SSSR count). The quantitative estimate of drug-likeness (QED) is 0.671. The monoisotopic (exact) mass is 312 g/mol. The number of amidine groups is 1. The van der Waals surface area contributed by atoms with Crippen molar-refractivity contribution in [3.05, 3.63) is 34.9 Å². The van der Waals surface area contributed by atoms with E-state index in [4.69, 9.17) is 5.26 Å². The van der Waals surface area contributed by atoms with E-state index in [0.29, 0.717) is 5.17 Å². The van der Waals surface area contributed by atoms with Crippen LogP contribution in [0.2, 0.25) is 0 Å². The summed E-state index contributed by atoms with van der Waals surface area (Å²) in [5.74, 6) is 0.0374. The summed E-state index contributed by atoms with van der Waals surface area (Å²) in [5.41, 5.74) is -1.32. The zero-order chi connectivity index (χ0) is 15.5. The minimum atomic E-state index is -4.61. The van der Waals surface area contributed by atoms with Gasteiger partial charge in [0, 0.05) is 0 Å². The molecule has 1 saturated heterocycles. The number of nitrogens with zero attached hydrogens (tertiary/aromatic N) is 3. The van der Waals surface area contributed by atoms with Crippen molar-refractivity contribution in [3.8, 4) is 6.07 Å². The van der Waals surface area contributed by atoms with E-state index < -0.39 is 17.3 Å². The maximum atomic E-state index is 12.8. The summed E-state index contributed by atoms with van der Waals surface area (Å²) < 4.78 is 38.3. The largest absolute Gasteiger partial charge is 0.417 e. The summed E-state index contributed by atoms with van der Waals surface area (Å²) in [4.78, 5) is 10.9. The standard InChI is InChI=1S/C12H7F3N4OS/c13-12(14,15)9-3-7(1-2-8(9)4-16)5-17-19-11-18-10(20)6-21-11/h1-3,5H,6H2,(H,18,19,20). The van der Waals surface area contributed by atoms with Crippen LogP contribution in [0.3, 0.4) is 0 Å². The summed E-state index contributed by atoms with van der Waals surface area (Å²) in [6.07, 6.45) is -3.50. The lowest BCUT2D eigenvalue weighted by Crippen LogP contribution is -2.19. The smallest absolute Gasteiger partial charge is 0.303 e. The molecule has 0 unspecified atom stereocenters. The Morgan fingerprint density at radius 1 is 1.43 bits per heavy atom. The number of hydrogen-bond acceptors (Lipinski definition) is 5. The number of amides is 1. The van der Waals surface area contributed by atoms with E-state index in [-0.39, 0.29) is 17.2 Å². The normalized spacial score (nSPS) is 17.2. The number of nitrogens with one attached hydrogen (secondary N) is 1. The number of carbonyl (C=O) groups is 1. The van der Waals surface area contributed by atoms with Gasteiger partial charge in [0.25, 0.3) is 0 Å². The van der Waals surface area contributed by atoms with Gasteiger partial charge < -0.3 is 5.32 Å². The van der Waals surface area contributed by atoms with Gasteiger partial charge in [0.05, 0.1) is 29.2 Å². The lowest BCUT2D eigenvalue weighted by Gasteiger charge is -2.08. The van der Waals surface area contributed by atoms with Crippen molar-refractivity contribution < 1.29 is 18.0 Å². The van der Waals surface area contributed by atoms with Crippen LogP contribution in [-0.4, -0.2) is 23.0 Å². The van der Waals surface area contributed by atoms with Crippen molar-refractivity contribution in [2.75, 3.05) is 5.75 Å². The minimum Gasteiger partial charge on any atom is -0.303 e. The molecular formula is C12H7F3N4OS. The molecule has 1 fully saturated rings. The van der Waals surface area contributed by atoms with Gasteiger partial charge in [-0.2, -0.15) is 23.5 Å². The van der Waals surface area contributed by atoms with E-state index in [1.165, 1.54) is 12.1 Å². The van der Waals surface area contributed by atoms with Crippen molar-refractivity contribution >= 4 is 29.1 Å². The number of carbonyl (C=O) groups excluding carboxylic acids is 1. The molecule has 1 amide bonds. The zero-order valence-corrected chi connectivity index (χ0v) is 11.1. The molecule has 0 radical (unpaired) electrons. The molecule has 1 aliphatic heterocycles. The highest BCUT2D eigenvalue weighted by atomic mass is 32.2. The molecule has 0 aliphatic carbocycles. The van der Waals surface area contributed by atoms with Gasteiger partial charge in [0.2, 0.25) is 5.91 Å². The van der Waals surface area contributed by atoms with Gasteiger partial charge in [0.15, 0.2) is 5.17 Å². The Labute approximate surface area is 121 Å². The van der Waals surface area contributed by atoms with Crippen molar-refractivity contribution in [1.29, 1.82) is 5.26 Å². The van der Waals surface area contributed by atoms with E-state index in [1.54, 1.807) is 0 Å². The van der Waals surface area contributed by atoms with Crippen LogP contribution in [0.1, 0.15) is 16.7 Å². The predicted molar refractivity (Wildman–Crippen MR) is 71.8 cm³/mol. The Balaban J connectivity index is 2.22. The fraction of sp³-hybridized carbons (Fsp3) is 0.167. The molecule has 0 saturated carbocycles. The average molecular weight is 312 g/mol. The fourth-order valence-electron chi connectivity index (χ4n) is 1.50. The third-order valence-electron chi connectivity index (χ3n) is 2.41. The Hall–Kier alpha value is -2.34. The molecule has 21 heavy (non-hydrogen) atoms. The molecule has 1 aliphatic rings. The first-order valence-corrected chi connectivity index (χ1v) is 6.54. The Morgan fingerprint density at radius 3 is 2.76 bits per heavy atom. The van der Waals surface area contributed by atoms with Crippen molar-refractivity contribution in [1.82, 2.24) is 5.32 Å². The minimum absolute atomic E-state index is 0.153. The van der Waals surface area contributed by atoms with Crippen LogP contribution in [0, 0.1) is 11.3 Å². The van der Waals surface area contributed by atoms with Crippen LogP contribution in [0.25, 0.3) is 0 Å². The molecule has 1 aromatic rings. The Morgan fingerprint density at radius 2 is 2.19 bits per heavy atom. The van der Waals surface area contributed by atoms with E-state index in [0.717, 1.165) is 30.1 Å². The van der Waals surface area contributed by atoms with Crippen LogP contribution in [0.5, 0.6) is 0 Å². The molecule has 5 nitrogen and oxygen atoms in total. The number of hydrogen-bond donors (Lipinski definition) is 1. The Kier molecular flexibility index (Phi) is 4.28. The molecule has 0 atom stereocenters. The first kappa shape index (κ1) is 15.1. The number of nitriles is 1. The number of rotatable bonds is 2. The number of halogens is 3. The third kappa shape index (κ3) is 3.82. The van der Waals surface area contributed by atoms with Gasteiger partial charge in [-0.25, -0.2) is 0 Å².